The number of carbonyl (C=O) groups is 1. The molecule has 0 unspecified atom stereocenters. The molecule has 13 heteroatoms. The Labute approximate surface area is 230 Å². The van der Waals surface area contributed by atoms with Crippen LogP contribution >= 0.6 is 0 Å². The standard InChI is InChI=1S/C27H31N9O4/c1-3-38-23-14-20(10-11-22(23)39-17-19-8-6-18(2)7-9-19)15-29-31-27(37)24-21(16-35-12-4-5-13-35)30-34-36(24)26-25(28)32-40-33-26/h6-11,14-15H,3-5,12-13,16-17H2,1-2H3,(H2,28,32)(H,31,37)/b29-15-. The molecular weight excluding hydrogens is 514 g/mol. The molecule has 0 atom stereocenters. The Morgan fingerprint density at radius 3 is 2.65 bits per heavy atom. The number of hydrogen-bond donors (Lipinski definition) is 2. The number of nitrogen functional groups attached to an aromatic ring is 1. The van der Waals surface area contributed by atoms with Crippen molar-refractivity contribution in [1.82, 2.24) is 35.6 Å². The fourth-order valence-electron chi connectivity index (χ4n) is 4.34. The molecule has 0 bridgehead atoms. The highest BCUT2D eigenvalue weighted by Gasteiger charge is 2.26. The number of benzene rings is 2. The minimum absolute atomic E-state index is 0.0108. The van der Waals surface area contributed by atoms with Gasteiger partial charge < -0.3 is 15.2 Å². The van der Waals surface area contributed by atoms with Crippen molar-refractivity contribution in [3.8, 4) is 17.3 Å². The highest BCUT2D eigenvalue weighted by atomic mass is 16.6. The third-order valence-corrected chi connectivity index (χ3v) is 6.39. The molecule has 2 aromatic carbocycles. The van der Waals surface area contributed by atoms with Crippen molar-refractivity contribution >= 4 is 17.9 Å². The summed E-state index contributed by atoms with van der Waals surface area (Å²) in [5.41, 5.74) is 12.0. The highest BCUT2D eigenvalue weighted by molar-refractivity contribution is 5.95. The van der Waals surface area contributed by atoms with Crippen LogP contribution in [-0.4, -0.2) is 62.0 Å². The molecule has 13 nitrogen and oxygen atoms in total. The summed E-state index contributed by atoms with van der Waals surface area (Å²) < 4.78 is 17.7. The second-order valence-corrected chi connectivity index (χ2v) is 9.37. The molecule has 1 fully saturated rings. The topological polar surface area (TPSA) is 159 Å². The van der Waals surface area contributed by atoms with Gasteiger partial charge in [0, 0.05) is 6.54 Å². The average Bonchev–Trinajstić information content (AvgIpc) is 3.71. The van der Waals surface area contributed by atoms with E-state index in [1.54, 1.807) is 6.07 Å². The molecule has 3 N–H and O–H groups in total. The van der Waals surface area contributed by atoms with Crippen molar-refractivity contribution in [3.63, 3.8) is 0 Å². The maximum atomic E-state index is 13.3. The van der Waals surface area contributed by atoms with Crippen molar-refractivity contribution in [2.75, 3.05) is 25.4 Å². The van der Waals surface area contributed by atoms with E-state index < -0.39 is 5.91 Å². The first-order chi connectivity index (χ1) is 19.5. The van der Waals surface area contributed by atoms with Crippen LogP contribution in [0.5, 0.6) is 11.5 Å². The van der Waals surface area contributed by atoms with E-state index in [0.717, 1.165) is 31.5 Å². The predicted octanol–water partition coefficient (Wildman–Crippen LogP) is 2.88. The summed E-state index contributed by atoms with van der Waals surface area (Å²) in [5.74, 6) is 0.735. The molecule has 0 spiro atoms. The number of aromatic nitrogens is 5. The Balaban J connectivity index is 1.30. The number of aryl methyl sites for hydroxylation is 1. The number of hydrogen-bond acceptors (Lipinski definition) is 11. The van der Waals surface area contributed by atoms with Crippen LogP contribution in [0.3, 0.4) is 0 Å². The van der Waals surface area contributed by atoms with E-state index >= 15 is 0 Å². The van der Waals surface area contributed by atoms with Crippen LogP contribution in [0.25, 0.3) is 5.82 Å². The minimum atomic E-state index is -0.527. The van der Waals surface area contributed by atoms with Gasteiger partial charge in [0.25, 0.3) is 5.91 Å². The number of anilines is 1. The van der Waals surface area contributed by atoms with E-state index in [2.05, 4.69) is 36.1 Å². The molecule has 2 aromatic heterocycles. The Morgan fingerprint density at radius 2 is 1.93 bits per heavy atom. The second-order valence-electron chi connectivity index (χ2n) is 9.37. The fourth-order valence-corrected chi connectivity index (χ4v) is 4.34. The van der Waals surface area contributed by atoms with Crippen LogP contribution in [0.15, 0.2) is 52.2 Å². The van der Waals surface area contributed by atoms with E-state index in [1.165, 1.54) is 16.5 Å². The summed E-state index contributed by atoms with van der Waals surface area (Å²) in [7, 11) is 0. The minimum Gasteiger partial charge on any atom is -0.490 e. The summed E-state index contributed by atoms with van der Waals surface area (Å²) in [6, 6.07) is 13.6. The van der Waals surface area contributed by atoms with Gasteiger partial charge in [-0.1, -0.05) is 35.0 Å². The Bertz CT molecular complexity index is 1470. The van der Waals surface area contributed by atoms with Gasteiger partial charge in [-0.3, -0.25) is 9.69 Å². The summed E-state index contributed by atoms with van der Waals surface area (Å²) in [4.78, 5) is 15.5. The van der Waals surface area contributed by atoms with E-state index in [9.17, 15) is 4.79 Å². The fraction of sp³-hybridized carbons (Fsp3) is 0.333. The predicted molar refractivity (Wildman–Crippen MR) is 146 cm³/mol. The molecular formula is C27H31N9O4. The molecule has 0 saturated carbocycles. The molecule has 0 radical (unpaired) electrons. The zero-order chi connectivity index (χ0) is 27.9. The number of amides is 1. The lowest BCUT2D eigenvalue weighted by Gasteiger charge is -2.13. The largest absolute Gasteiger partial charge is 0.490 e. The van der Waals surface area contributed by atoms with Gasteiger partial charge in [-0.05, 0) is 79.4 Å². The van der Waals surface area contributed by atoms with E-state index in [4.69, 9.17) is 19.8 Å². The third-order valence-electron chi connectivity index (χ3n) is 6.39. The molecule has 1 aliphatic heterocycles. The first-order valence-electron chi connectivity index (χ1n) is 13.1. The van der Waals surface area contributed by atoms with Crippen molar-refractivity contribution in [2.24, 2.45) is 5.10 Å². The molecule has 208 valence electrons. The molecule has 4 aromatic rings. The highest BCUT2D eigenvalue weighted by Crippen LogP contribution is 2.29. The van der Waals surface area contributed by atoms with Crippen molar-refractivity contribution in [1.29, 1.82) is 0 Å². The van der Waals surface area contributed by atoms with Crippen molar-refractivity contribution < 1.29 is 18.9 Å². The lowest BCUT2D eigenvalue weighted by atomic mass is 10.2. The van der Waals surface area contributed by atoms with E-state index in [0.29, 0.717) is 42.5 Å². The number of nitrogens with two attached hydrogens (primary N) is 1. The van der Waals surface area contributed by atoms with E-state index in [-0.39, 0.29) is 17.3 Å². The van der Waals surface area contributed by atoms with Crippen molar-refractivity contribution in [2.45, 2.75) is 39.8 Å². The van der Waals surface area contributed by atoms with Gasteiger partial charge in [0.15, 0.2) is 17.2 Å². The maximum absolute atomic E-state index is 13.3. The maximum Gasteiger partial charge on any atom is 0.292 e. The monoisotopic (exact) mass is 545 g/mol. The van der Waals surface area contributed by atoms with Gasteiger partial charge in [0.1, 0.15) is 12.3 Å². The normalized spacial score (nSPS) is 13.7. The molecule has 40 heavy (non-hydrogen) atoms. The number of likely N-dealkylation sites (tertiary alicyclic amines) is 1. The van der Waals surface area contributed by atoms with Gasteiger partial charge in [-0.25, -0.2) is 10.1 Å². The Morgan fingerprint density at radius 1 is 1.12 bits per heavy atom. The smallest absolute Gasteiger partial charge is 0.292 e. The molecule has 1 amide bonds. The van der Waals surface area contributed by atoms with Gasteiger partial charge in [-0.2, -0.15) is 9.78 Å². The van der Waals surface area contributed by atoms with Crippen LogP contribution in [0, 0.1) is 6.92 Å². The lowest BCUT2D eigenvalue weighted by molar-refractivity contribution is 0.0945. The van der Waals surface area contributed by atoms with Crippen molar-refractivity contribution in [3.05, 3.63) is 70.5 Å². The SMILES string of the molecule is CCOc1cc(/C=N\NC(=O)c2c(CN3CCCC3)nnn2-c2nonc2N)ccc1OCc1ccc(C)cc1. The molecule has 1 saturated heterocycles. The number of hydrazone groups is 1. The third kappa shape index (κ3) is 6.26. The Hall–Kier alpha value is -4.78. The van der Waals surface area contributed by atoms with Crippen LogP contribution in [0.1, 0.15) is 52.6 Å². The Kier molecular flexibility index (Phi) is 8.30. The molecule has 3 heterocycles. The lowest BCUT2D eigenvalue weighted by Crippen LogP contribution is -2.26. The number of nitrogens with zero attached hydrogens (tertiary/aromatic N) is 7. The first-order valence-corrected chi connectivity index (χ1v) is 13.1. The summed E-state index contributed by atoms with van der Waals surface area (Å²) in [5, 5.41) is 19.8. The van der Waals surface area contributed by atoms with Crippen LogP contribution < -0.4 is 20.6 Å². The number of carbonyl (C=O) groups excluding carboxylic acids is 1. The average molecular weight is 546 g/mol. The van der Waals surface area contributed by atoms with Crippen LogP contribution in [0.4, 0.5) is 5.82 Å². The second kappa shape index (κ2) is 12.4. The van der Waals surface area contributed by atoms with Gasteiger partial charge in [-0.15, -0.1) is 5.10 Å². The van der Waals surface area contributed by atoms with Gasteiger partial charge in [0.05, 0.1) is 12.8 Å². The molecule has 5 rings (SSSR count). The van der Waals surface area contributed by atoms with Crippen LogP contribution in [0.2, 0.25) is 0 Å². The quantitative estimate of drug-likeness (QED) is 0.212. The molecule has 1 aliphatic rings. The number of ether oxygens (including phenoxy) is 2. The summed E-state index contributed by atoms with van der Waals surface area (Å²) >= 11 is 0. The first kappa shape index (κ1) is 26.8. The summed E-state index contributed by atoms with van der Waals surface area (Å²) in [6.07, 6.45) is 3.71. The van der Waals surface area contributed by atoms with E-state index in [1.807, 2.05) is 50.2 Å². The summed E-state index contributed by atoms with van der Waals surface area (Å²) in [6.45, 7) is 7.13. The van der Waals surface area contributed by atoms with Gasteiger partial charge in [0.2, 0.25) is 11.6 Å². The number of nitrogens with one attached hydrogen (secondary N) is 1. The van der Waals surface area contributed by atoms with Crippen LogP contribution in [-0.2, 0) is 13.2 Å². The number of rotatable bonds is 11. The zero-order valence-corrected chi connectivity index (χ0v) is 22.4. The zero-order valence-electron chi connectivity index (χ0n) is 22.4. The molecule has 0 aliphatic carbocycles. The van der Waals surface area contributed by atoms with Gasteiger partial charge >= 0.3 is 0 Å².